The van der Waals surface area contributed by atoms with Crippen LogP contribution < -0.4 is 20.3 Å². The number of nitrogens with one attached hydrogen (secondary N) is 2. The summed E-state index contributed by atoms with van der Waals surface area (Å²) in [6.07, 6.45) is 5.66. The Labute approximate surface area is 249 Å². The molecular weight excluding hydrogens is 567 g/mol. The van der Waals surface area contributed by atoms with Crippen molar-refractivity contribution in [2.75, 3.05) is 56.9 Å². The summed E-state index contributed by atoms with van der Waals surface area (Å²) in [4.78, 5) is 40.3. The van der Waals surface area contributed by atoms with Gasteiger partial charge in [-0.05, 0) is 30.4 Å². The number of rotatable bonds is 10. The van der Waals surface area contributed by atoms with Crippen molar-refractivity contribution < 1.29 is 23.9 Å². The van der Waals surface area contributed by atoms with Crippen molar-refractivity contribution in [3.05, 3.63) is 83.1 Å². The summed E-state index contributed by atoms with van der Waals surface area (Å²) in [6, 6.07) is 13.4. The van der Waals surface area contributed by atoms with Gasteiger partial charge in [-0.15, -0.1) is 23.2 Å². The van der Waals surface area contributed by atoms with Crippen LogP contribution in [0.15, 0.2) is 66.4 Å². The van der Waals surface area contributed by atoms with E-state index >= 15 is 0 Å². The number of esters is 1. The van der Waals surface area contributed by atoms with Gasteiger partial charge < -0.3 is 29.9 Å². The van der Waals surface area contributed by atoms with Crippen molar-refractivity contribution in [3.63, 3.8) is 0 Å². The van der Waals surface area contributed by atoms with Gasteiger partial charge in [0, 0.05) is 68.9 Å². The van der Waals surface area contributed by atoms with Crippen LogP contribution in [0.2, 0.25) is 0 Å². The Kier molecular flexibility index (Phi) is 8.47. The molecule has 2 aromatic rings. The third-order valence-electron chi connectivity index (χ3n) is 7.72. The molecule has 3 atom stereocenters. The molecule has 1 aliphatic carbocycles. The first kappa shape index (κ1) is 28.8. The van der Waals surface area contributed by atoms with Crippen LogP contribution in [0.25, 0.3) is 0 Å². The lowest BCUT2D eigenvalue weighted by molar-refractivity contribution is -0.119. The van der Waals surface area contributed by atoms with Gasteiger partial charge in [-0.2, -0.15) is 0 Å². The van der Waals surface area contributed by atoms with Gasteiger partial charge in [-0.3, -0.25) is 9.59 Å². The first-order valence-electron chi connectivity index (χ1n) is 13.4. The highest BCUT2D eigenvalue weighted by atomic mass is 35.5. The van der Waals surface area contributed by atoms with E-state index in [1.54, 1.807) is 6.07 Å². The Balaban J connectivity index is 1.48. The zero-order chi connectivity index (χ0) is 29.1. The molecule has 5 rings (SSSR count). The highest BCUT2D eigenvalue weighted by molar-refractivity contribution is 6.27. The summed E-state index contributed by atoms with van der Waals surface area (Å²) in [5, 5.41) is 5.56. The lowest BCUT2D eigenvalue weighted by Crippen LogP contribution is -2.49. The lowest BCUT2D eigenvalue weighted by Gasteiger charge is -2.45. The van der Waals surface area contributed by atoms with Crippen LogP contribution in [-0.2, 0) is 19.9 Å². The van der Waals surface area contributed by atoms with Crippen molar-refractivity contribution in [2.24, 2.45) is 5.92 Å². The first-order valence-corrected chi connectivity index (χ1v) is 14.5. The fourth-order valence-corrected chi connectivity index (χ4v) is 5.80. The molecule has 3 aliphatic rings. The van der Waals surface area contributed by atoms with Crippen molar-refractivity contribution in [2.45, 2.75) is 11.7 Å². The normalized spacial score (nSPS) is 21.6. The molecule has 9 nitrogen and oxygen atoms in total. The fourth-order valence-electron chi connectivity index (χ4n) is 5.61. The number of nitrogens with zero attached hydrogens (tertiary/aromatic N) is 2. The van der Waals surface area contributed by atoms with Gasteiger partial charge >= 0.3 is 5.97 Å². The van der Waals surface area contributed by atoms with Crippen molar-refractivity contribution in [1.82, 2.24) is 15.5 Å². The van der Waals surface area contributed by atoms with Gasteiger partial charge in [0.15, 0.2) is 5.60 Å². The standard InChI is InChI=1S/C30H32Cl2N4O5/c1-35(13-11-33-27(37)17-31)19-7-9-23-25(15-19)40-26-16-20(36(2)14-12-34-28(38)18-32)8-10-24(26)30(23)22-6-4-3-5-21(22)29(39)41-30/h3-10,15-16,23,25H,11-14,17-18H2,1-2H3,(H,33,37)(H,34,38)/t23-,25-,30+/m0/s1. The molecule has 0 aromatic heterocycles. The molecule has 2 amide bonds. The summed E-state index contributed by atoms with van der Waals surface area (Å²) >= 11 is 11.2. The number of allylic oxidation sites excluding steroid dienone is 1. The number of carbonyl (C=O) groups excluding carboxylic acids is 3. The van der Waals surface area contributed by atoms with E-state index in [0.717, 1.165) is 22.5 Å². The molecule has 2 heterocycles. The SMILES string of the molecule is CN(CCNC(=O)CCl)C1=C[C@@H]2Oc3cc(N(C)CCNC(=O)CCl)ccc3[C@]3(OC(=O)c4ccccc43)[C@H]2C=C1. The second kappa shape index (κ2) is 12.0. The summed E-state index contributed by atoms with van der Waals surface area (Å²) < 4.78 is 12.9. The van der Waals surface area contributed by atoms with E-state index in [-0.39, 0.29) is 35.5 Å². The number of carbonyl (C=O) groups is 3. The number of anilines is 1. The minimum Gasteiger partial charge on any atom is -0.485 e. The van der Waals surface area contributed by atoms with Gasteiger partial charge in [0.25, 0.3) is 0 Å². The van der Waals surface area contributed by atoms with E-state index in [9.17, 15) is 14.4 Å². The molecule has 216 valence electrons. The Morgan fingerprint density at radius 1 is 0.951 bits per heavy atom. The number of hydrogen-bond donors (Lipinski definition) is 2. The predicted octanol–water partition coefficient (Wildman–Crippen LogP) is 3.01. The Morgan fingerprint density at radius 2 is 1.63 bits per heavy atom. The van der Waals surface area contributed by atoms with Gasteiger partial charge in [0.05, 0.1) is 11.5 Å². The second-order valence-corrected chi connectivity index (χ2v) is 10.8. The van der Waals surface area contributed by atoms with E-state index in [0.29, 0.717) is 37.5 Å². The first-order chi connectivity index (χ1) is 19.8. The zero-order valence-corrected chi connectivity index (χ0v) is 24.4. The topological polar surface area (TPSA) is 100 Å². The van der Waals surface area contributed by atoms with E-state index in [1.807, 2.05) is 78.5 Å². The number of fused-ring (bicyclic) bond motifs is 6. The van der Waals surface area contributed by atoms with E-state index < -0.39 is 11.7 Å². The number of halogens is 2. The largest absolute Gasteiger partial charge is 0.485 e. The van der Waals surface area contributed by atoms with Crippen LogP contribution in [0, 0.1) is 5.92 Å². The van der Waals surface area contributed by atoms with Crippen LogP contribution in [0.5, 0.6) is 5.75 Å². The molecule has 0 radical (unpaired) electrons. The van der Waals surface area contributed by atoms with Crippen LogP contribution in [0.1, 0.15) is 21.5 Å². The molecule has 0 bridgehead atoms. The molecule has 0 unspecified atom stereocenters. The molecule has 11 heteroatoms. The summed E-state index contributed by atoms with van der Waals surface area (Å²) in [7, 11) is 3.87. The molecule has 2 aliphatic heterocycles. The van der Waals surface area contributed by atoms with Crippen LogP contribution in [-0.4, -0.2) is 80.8 Å². The summed E-state index contributed by atoms with van der Waals surface area (Å²) in [5.74, 6) is -0.640. The molecule has 0 saturated heterocycles. The smallest absolute Gasteiger partial charge is 0.339 e. The quantitative estimate of drug-likeness (QED) is 0.320. The molecule has 2 N–H and O–H groups in total. The second-order valence-electron chi connectivity index (χ2n) is 10.2. The Bertz CT molecular complexity index is 1410. The number of benzene rings is 2. The predicted molar refractivity (Wildman–Crippen MR) is 158 cm³/mol. The van der Waals surface area contributed by atoms with Crippen molar-refractivity contribution >= 4 is 46.7 Å². The highest BCUT2D eigenvalue weighted by Crippen LogP contribution is 2.56. The average Bonchev–Trinajstić information content (AvgIpc) is 3.28. The number of alkyl halides is 2. The Hall–Kier alpha value is -3.69. The molecule has 41 heavy (non-hydrogen) atoms. The van der Waals surface area contributed by atoms with Gasteiger partial charge in [-0.1, -0.05) is 24.3 Å². The monoisotopic (exact) mass is 598 g/mol. The summed E-state index contributed by atoms with van der Waals surface area (Å²) in [5.41, 5.74) is 2.90. The van der Waals surface area contributed by atoms with Gasteiger partial charge in [0.1, 0.15) is 23.6 Å². The van der Waals surface area contributed by atoms with Gasteiger partial charge in [0.2, 0.25) is 11.8 Å². The van der Waals surface area contributed by atoms with Crippen LogP contribution in [0.3, 0.4) is 0 Å². The minimum absolute atomic E-state index is 0.0785. The highest BCUT2D eigenvalue weighted by Gasteiger charge is 2.58. The zero-order valence-electron chi connectivity index (χ0n) is 22.9. The van der Waals surface area contributed by atoms with Crippen molar-refractivity contribution in [3.8, 4) is 5.75 Å². The molecular formula is C30H32Cl2N4O5. The van der Waals surface area contributed by atoms with Gasteiger partial charge in [-0.25, -0.2) is 4.79 Å². The molecule has 2 aromatic carbocycles. The average molecular weight is 600 g/mol. The molecule has 1 spiro atoms. The number of likely N-dealkylation sites (N-methyl/N-ethyl adjacent to an activating group) is 2. The van der Waals surface area contributed by atoms with Crippen LogP contribution in [0.4, 0.5) is 5.69 Å². The lowest BCUT2D eigenvalue weighted by atomic mass is 9.70. The molecule has 0 fully saturated rings. The number of hydrogen-bond acceptors (Lipinski definition) is 7. The molecule has 0 saturated carbocycles. The third-order valence-corrected chi connectivity index (χ3v) is 8.21. The van der Waals surface area contributed by atoms with E-state index in [4.69, 9.17) is 32.7 Å². The number of amides is 2. The maximum absolute atomic E-state index is 13.2. The van der Waals surface area contributed by atoms with E-state index in [1.165, 1.54) is 0 Å². The fraction of sp³-hybridized carbons (Fsp3) is 0.367. The van der Waals surface area contributed by atoms with E-state index in [2.05, 4.69) is 10.6 Å². The maximum Gasteiger partial charge on any atom is 0.339 e. The number of ether oxygens (including phenoxy) is 2. The van der Waals surface area contributed by atoms with Crippen molar-refractivity contribution in [1.29, 1.82) is 0 Å². The maximum atomic E-state index is 13.2. The summed E-state index contributed by atoms with van der Waals surface area (Å²) in [6.45, 7) is 2.02. The minimum atomic E-state index is -1.05. The van der Waals surface area contributed by atoms with Crippen LogP contribution >= 0.6 is 23.2 Å². The third kappa shape index (κ3) is 5.48. The Morgan fingerprint density at radius 3 is 2.34 bits per heavy atom.